The quantitative estimate of drug-likeness (QED) is 0.517. The second kappa shape index (κ2) is 4.18. The van der Waals surface area contributed by atoms with E-state index in [-0.39, 0.29) is 6.04 Å². The summed E-state index contributed by atoms with van der Waals surface area (Å²) in [6.07, 6.45) is 2.02. The first-order valence-electron chi connectivity index (χ1n) is 3.99. The van der Waals surface area contributed by atoms with Crippen LogP contribution in [0.5, 0.6) is 0 Å². The summed E-state index contributed by atoms with van der Waals surface area (Å²) >= 11 is 0. The molecule has 3 N–H and O–H groups in total. The molecule has 0 bridgehead atoms. The molecule has 4 heteroatoms. The van der Waals surface area contributed by atoms with Gasteiger partial charge in [0.15, 0.2) is 0 Å². The zero-order chi connectivity index (χ0) is 8.10. The second-order valence-corrected chi connectivity index (χ2v) is 2.83. The molecule has 0 aliphatic carbocycles. The van der Waals surface area contributed by atoms with Crippen LogP contribution in [0.15, 0.2) is 0 Å². The van der Waals surface area contributed by atoms with Gasteiger partial charge in [-0.2, -0.15) is 0 Å². The Morgan fingerprint density at radius 1 is 1.45 bits per heavy atom. The first-order valence-corrected chi connectivity index (χ1v) is 3.99. The van der Waals surface area contributed by atoms with Crippen LogP contribution in [0.4, 0.5) is 4.79 Å². The number of carboxylic acid groups (broad SMARTS) is 1. The fourth-order valence-corrected chi connectivity index (χ4v) is 1.34. The van der Waals surface area contributed by atoms with Crippen LogP contribution < -0.4 is 10.6 Å². The van der Waals surface area contributed by atoms with Crippen molar-refractivity contribution in [3.05, 3.63) is 0 Å². The van der Waals surface area contributed by atoms with Crippen molar-refractivity contribution in [2.45, 2.75) is 25.3 Å². The Labute approximate surface area is 66.0 Å². The van der Waals surface area contributed by atoms with Gasteiger partial charge >= 0.3 is 6.09 Å². The highest BCUT2D eigenvalue weighted by Gasteiger charge is 2.12. The van der Waals surface area contributed by atoms with E-state index >= 15 is 0 Å². The summed E-state index contributed by atoms with van der Waals surface area (Å²) in [5.41, 5.74) is 0. The zero-order valence-corrected chi connectivity index (χ0v) is 6.47. The second-order valence-electron chi connectivity index (χ2n) is 2.83. The SMILES string of the molecule is O=C(O)N[C@@H]1CCCNCC1. The number of hydrogen-bond acceptors (Lipinski definition) is 2. The van der Waals surface area contributed by atoms with Gasteiger partial charge in [0.05, 0.1) is 0 Å². The Bertz CT molecular complexity index is 130. The van der Waals surface area contributed by atoms with Crippen LogP contribution >= 0.6 is 0 Å². The summed E-state index contributed by atoms with van der Waals surface area (Å²) in [4.78, 5) is 10.2. The van der Waals surface area contributed by atoms with Crippen LogP contribution in [0.3, 0.4) is 0 Å². The van der Waals surface area contributed by atoms with Gasteiger partial charge in [-0.05, 0) is 32.4 Å². The molecule has 1 aliphatic rings. The lowest BCUT2D eigenvalue weighted by atomic mass is 10.1. The molecule has 64 valence electrons. The molecule has 4 nitrogen and oxygen atoms in total. The molecule has 1 rings (SSSR count). The molecule has 1 amide bonds. The van der Waals surface area contributed by atoms with E-state index in [2.05, 4.69) is 10.6 Å². The topological polar surface area (TPSA) is 61.4 Å². The third-order valence-corrected chi connectivity index (χ3v) is 1.90. The van der Waals surface area contributed by atoms with Crippen molar-refractivity contribution in [1.29, 1.82) is 0 Å². The maximum atomic E-state index is 10.2. The highest BCUT2D eigenvalue weighted by molar-refractivity contribution is 5.64. The first kappa shape index (κ1) is 8.33. The number of carbonyl (C=O) groups is 1. The lowest BCUT2D eigenvalue weighted by molar-refractivity contribution is 0.188. The average Bonchev–Trinajstić information content (AvgIpc) is 2.14. The number of hydrogen-bond donors (Lipinski definition) is 3. The fraction of sp³-hybridized carbons (Fsp3) is 0.857. The van der Waals surface area contributed by atoms with Crippen LogP contribution in [0, 0.1) is 0 Å². The minimum Gasteiger partial charge on any atom is -0.465 e. The van der Waals surface area contributed by atoms with E-state index in [1.807, 2.05) is 0 Å². The molecule has 1 fully saturated rings. The monoisotopic (exact) mass is 158 g/mol. The molecule has 0 aromatic rings. The summed E-state index contributed by atoms with van der Waals surface area (Å²) in [6, 6.07) is 0.155. The van der Waals surface area contributed by atoms with Gasteiger partial charge in [0.25, 0.3) is 0 Å². The molecule has 0 aromatic carbocycles. The smallest absolute Gasteiger partial charge is 0.404 e. The Balaban J connectivity index is 2.25. The molecule has 11 heavy (non-hydrogen) atoms. The molecule has 1 atom stereocenters. The van der Waals surface area contributed by atoms with Gasteiger partial charge in [0.1, 0.15) is 0 Å². The van der Waals surface area contributed by atoms with Crippen molar-refractivity contribution in [3.8, 4) is 0 Å². The number of nitrogens with one attached hydrogen (secondary N) is 2. The third kappa shape index (κ3) is 3.23. The fourth-order valence-electron chi connectivity index (χ4n) is 1.34. The molecule has 0 unspecified atom stereocenters. The van der Waals surface area contributed by atoms with Crippen molar-refractivity contribution in [1.82, 2.24) is 10.6 Å². The van der Waals surface area contributed by atoms with Gasteiger partial charge in [-0.1, -0.05) is 0 Å². The molecule has 1 aliphatic heterocycles. The van der Waals surface area contributed by atoms with Crippen LogP contribution in [-0.4, -0.2) is 30.3 Å². The van der Waals surface area contributed by atoms with Gasteiger partial charge in [-0.25, -0.2) is 4.79 Å². The third-order valence-electron chi connectivity index (χ3n) is 1.90. The van der Waals surface area contributed by atoms with Gasteiger partial charge < -0.3 is 15.7 Å². The van der Waals surface area contributed by atoms with Crippen LogP contribution in [-0.2, 0) is 0 Å². The summed E-state index contributed by atoms with van der Waals surface area (Å²) in [5, 5.41) is 14.1. The minimum absolute atomic E-state index is 0.155. The van der Waals surface area contributed by atoms with Gasteiger partial charge in [-0.3, -0.25) is 0 Å². The van der Waals surface area contributed by atoms with E-state index in [1.54, 1.807) is 0 Å². The van der Waals surface area contributed by atoms with Gasteiger partial charge in [-0.15, -0.1) is 0 Å². The maximum Gasteiger partial charge on any atom is 0.404 e. The summed E-state index contributed by atoms with van der Waals surface area (Å²) < 4.78 is 0. The van der Waals surface area contributed by atoms with E-state index in [0.717, 1.165) is 32.4 Å². The maximum absolute atomic E-state index is 10.2. The van der Waals surface area contributed by atoms with E-state index in [9.17, 15) is 4.79 Å². The predicted octanol–water partition coefficient (Wildman–Crippen LogP) is 0.396. The zero-order valence-electron chi connectivity index (χ0n) is 6.47. The van der Waals surface area contributed by atoms with Crippen molar-refractivity contribution >= 4 is 6.09 Å². The largest absolute Gasteiger partial charge is 0.465 e. The number of amides is 1. The normalized spacial score (nSPS) is 25.6. The summed E-state index contributed by atoms with van der Waals surface area (Å²) in [6.45, 7) is 1.93. The predicted molar refractivity (Wildman–Crippen MR) is 41.7 cm³/mol. The Morgan fingerprint density at radius 3 is 3.00 bits per heavy atom. The lowest BCUT2D eigenvalue weighted by Gasteiger charge is -2.12. The highest BCUT2D eigenvalue weighted by atomic mass is 16.4. The van der Waals surface area contributed by atoms with Crippen molar-refractivity contribution < 1.29 is 9.90 Å². The molecule has 0 aromatic heterocycles. The average molecular weight is 158 g/mol. The minimum atomic E-state index is -0.906. The molecular weight excluding hydrogens is 144 g/mol. The molecule has 0 radical (unpaired) electrons. The van der Waals surface area contributed by atoms with Crippen molar-refractivity contribution in [2.24, 2.45) is 0 Å². The summed E-state index contributed by atoms with van der Waals surface area (Å²) in [5.74, 6) is 0. The molecule has 1 saturated heterocycles. The Morgan fingerprint density at radius 2 is 2.27 bits per heavy atom. The summed E-state index contributed by atoms with van der Waals surface area (Å²) in [7, 11) is 0. The first-order chi connectivity index (χ1) is 5.29. The van der Waals surface area contributed by atoms with Crippen molar-refractivity contribution in [2.75, 3.05) is 13.1 Å². The lowest BCUT2D eigenvalue weighted by Crippen LogP contribution is -2.34. The van der Waals surface area contributed by atoms with Crippen LogP contribution in [0.1, 0.15) is 19.3 Å². The van der Waals surface area contributed by atoms with Crippen LogP contribution in [0.25, 0.3) is 0 Å². The Hall–Kier alpha value is -0.770. The van der Waals surface area contributed by atoms with Gasteiger partial charge in [0, 0.05) is 6.04 Å². The van der Waals surface area contributed by atoms with E-state index in [0.29, 0.717) is 0 Å². The van der Waals surface area contributed by atoms with E-state index < -0.39 is 6.09 Å². The van der Waals surface area contributed by atoms with Gasteiger partial charge in [0.2, 0.25) is 0 Å². The molecular formula is C7H14N2O2. The highest BCUT2D eigenvalue weighted by Crippen LogP contribution is 2.04. The molecule has 0 spiro atoms. The van der Waals surface area contributed by atoms with E-state index in [4.69, 9.17) is 5.11 Å². The standard InChI is InChI=1S/C7H14N2O2/c10-7(11)9-6-2-1-4-8-5-3-6/h6,8-9H,1-5H2,(H,10,11)/t6-/m1/s1. The Kier molecular flexibility index (Phi) is 3.16. The van der Waals surface area contributed by atoms with E-state index in [1.165, 1.54) is 0 Å². The number of rotatable bonds is 1. The van der Waals surface area contributed by atoms with Crippen LogP contribution in [0.2, 0.25) is 0 Å². The molecule has 0 saturated carbocycles. The van der Waals surface area contributed by atoms with Crippen molar-refractivity contribution in [3.63, 3.8) is 0 Å². The molecule has 1 heterocycles.